The molecule has 0 aliphatic carbocycles. The van der Waals surface area contributed by atoms with E-state index in [-0.39, 0.29) is 18.6 Å². The normalized spacial score (nSPS) is 18.9. The van der Waals surface area contributed by atoms with Crippen LogP contribution in [0.1, 0.15) is 23.1 Å². The van der Waals surface area contributed by atoms with E-state index >= 15 is 0 Å². The molecule has 110 valence electrons. The van der Waals surface area contributed by atoms with Gasteiger partial charge in [-0.2, -0.15) is 0 Å². The van der Waals surface area contributed by atoms with Gasteiger partial charge in [-0.25, -0.2) is 4.79 Å². The van der Waals surface area contributed by atoms with Crippen LogP contribution in [0.4, 0.5) is 0 Å². The summed E-state index contributed by atoms with van der Waals surface area (Å²) in [4.78, 5) is 25.5. The van der Waals surface area contributed by atoms with E-state index in [0.717, 1.165) is 5.69 Å². The first kappa shape index (κ1) is 14.6. The zero-order valence-corrected chi connectivity index (χ0v) is 12.1. The van der Waals surface area contributed by atoms with Crippen molar-refractivity contribution in [2.75, 3.05) is 26.3 Å². The number of hydrogen-bond acceptors (Lipinski definition) is 4. The molecule has 0 bridgehead atoms. The van der Waals surface area contributed by atoms with Crippen LogP contribution in [-0.4, -0.2) is 53.8 Å². The van der Waals surface area contributed by atoms with Crippen molar-refractivity contribution < 1.29 is 19.1 Å². The average molecular weight is 280 g/mol. The van der Waals surface area contributed by atoms with Crippen LogP contribution in [0.15, 0.2) is 12.1 Å². The van der Waals surface area contributed by atoms with Crippen molar-refractivity contribution in [3.8, 4) is 0 Å². The summed E-state index contributed by atoms with van der Waals surface area (Å²) in [7, 11) is 1.79. The predicted molar refractivity (Wildman–Crippen MR) is 72.4 cm³/mol. The average Bonchev–Trinajstić information content (AvgIpc) is 2.76. The molecule has 2 heterocycles. The smallest absolute Gasteiger partial charge is 0.355 e. The SMILES string of the molecule is Cc1ccc(C(=O)OCC(=O)N2CCOC(C)C2)n1C. The summed E-state index contributed by atoms with van der Waals surface area (Å²) in [6.07, 6.45) is 0.0268. The molecule has 1 amide bonds. The van der Waals surface area contributed by atoms with Crippen molar-refractivity contribution in [1.82, 2.24) is 9.47 Å². The molecule has 1 aromatic rings. The minimum absolute atomic E-state index is 0.0268. The molecule has 1 unspecified atom stereocenters. The Morgan fingerprint density at radius 1 is 1.45 bits per heavy atom. The van der Waals surface area contributed by atoms with Crippen molar-refractivity contribution in [3.63, 3.8) is 0 Å². The van der Waals surface area contributed by atoms with Crippen LogP contribution < -0.4 is 0 Å². The summed E-state index contributed by atoms with van der Waals surface area (Å²) >= 11 is 0. The number of amides is 1. The fourth-order valence-electron chi connectivity index (χ4n) is 2.16. The molecule has 1 aliphatic heterocycles. The second-order valence-electron chi connectivity index (χ2n) is 5.02. The number of aromatic nitrogens is 1. The zero-order chi connectivity index (χ0) is 14.7. The van der Waals surface area contributed by atoms with Crippen molar-refractivity contribution in [2.24, 2.45) is 7.05 Å². The summed E-state index contributed by atoms with van der Waals surface area (Å²) in [6, 6.07) is 3.53. The Morgan fingerprint density at radius 3 is 2.80 bits per heavy atom. The van der Waals surface area contributed by atoms with Gasteiger partial charge < -0.3 is 18.9 Å². The molecule has 1 saturated heterocycles. The van der Waals surface area contributed by atoms with Gasteiger partial charge in [-0.05, 0) is 26.0 Å². The molecule has 6 heteroatoms. The standard InChI is InChI=1S/C14H20N2O4/c1-10-4-5-12(15(10)3)14(18)20-9-13(17)16-6-7-19-11(2)8-16/h4-5,11H,6-9H2,1-3H3. The Hall–Kier alpha value is -1.82. The largest absolute Gasteiger partial charge is 0.451 e. The second-order valence-corrected chi connectivity index (χ2v) is 5.02. The van der Waals surface area contributed by atoms with Gasteiger partial charge in [0.25, 0.3) is 5.91 Å². The molecule has 1 aromatic heterocycles. The Kier molecular flexibility index (Phi) is 4.44. The minimum atomic E-state index is -0.477. The molecule has 1 atom stereocenters. The molecular weight excluding hydrogens is 260 g/mol. The van der Waals surface area contributed by atoms with Gasteiger partial charge in [-0.3, -0.25) is 4.79 Å². The van der Waals surface area contributed by atoms with Crippen molar-refractivity contribution in [1.29, 1.82) is 0 Å². The molecule has 0 saturated carbocycles. The molecule has 0 aromatic carbocycles. The van der Waals surface area contributed by atoms with Gasteiger partial charge in [0.15, 0.2) is 6.61 Å². The van der Waals surface area contributed by atoms with Crippen LogP contribution in [0.5, 0.6) is 0 Å². The highest BCUT2D eigenvalue weighted by molar-refractivity contribution is 5.90. The number of rotatable bonds is 3. The first-order chi connectivity index (χ1) is 9.49. The van der Waals surface area contributed by atoms with E-state index in [2.05, 4.69) is 0 Å². The molecule has 6 nitrogen and oxygen atoms in total. The van der Waals surface area contributed by atoms with Crippen LogP contribution in [0.3, 0.4) is 0 Å². The number of ether oxygens (including phenoxy) is 2. The van der Waals surface area contributed by atoms with Crippen molar-refractivity contribution >= 4 is 11.9 Å². The minimum Gasteiger partial charge on any atom is -0.451 e. The monoisotopic (exact) mass is 280 g/mol. The summed E-state index contributed by atoms with van der Waals surface area (Å²) in [5.74, 6) is -0.658. The Bertz CT molecular complexity index is 509. The number of morpholine rings is 1. The molecule has 20 heavy (non-hydrogen) atoms. The number of carbonyl (C=O) groups is 2. The number of aryl methyl sites for hydroxylation is 1. The third-order valence-corrected chi connectivity index (χ3v) is 3.50. The number of carbonyl (C=O) groups excluding carboxylic acids is 2. The van der Waals surface area contributed by atoms with E-state index in [9.17, 15) is 9.59 Å². The Balaban J connectivity index is 1.87. The lowest BCUT2D eigenvalue weighted by Gasteiger charge is -2.30. The number of esters is 1. The molecule has 0 radical (unpaired) electrons. The lowest BCUT2D eigenvalue weighted by molar-refractivity contribution is -0.141. The predicted octanol–water partition coefficient (Wildman–Crippen LogP) is 0.738. The highest BCUT2D eigenvalue weighted by Crippen LogP contribution is 2.08. The van der Waals surface area contributed by atoms with Gasteiger partial charge in [0, 0.05) is 25.8 Å². The molecular formula is C14H20N2O4. The fourth-order valence-corrected chi connectivity index (χ4v) is 2.16. The molecule has 2 rings (SSSR count). The van der Waals surface area contributed by atoms with E-state index in [0.29, 0.717) is 25.4 Å². The van der Waals surface area contributed by atoms with Gasteiger partial charge in [-0.15, -0.1) is 0 Å². The third kappa shape index (κ3) is 3.19. The van der Waals surface area contributed by atoms with E-state index < -0.39 is 5.97 Å². The Morgan fingerprint density at radius 2 is 2.20 bits per heavy atom. The molecule has 1 fully saturated rings. The summed E-state index contributed by atoms with van der Waals surface area (Å²) in [5.41, 5.74) is 1.41. The van der Waals surface area contributed by atoms with Crippen LogP contribution in [0.2, 0.25) is 0 Å². The van der Waals surface area contributed by atoms with Crippen molar-refractivity contribution in [2.45, 2.75) is 20.0 Å². The summed E-state index contributed by atoms with van der Waals surface area (Å²) in [6.45, 7) is 5.20. The maximum Gasteiger partial charge on any atom is 0.355 e. The topological polar surface area (TPSA) is 60.8 Å². The van der Waals surface area contributed by atoms with Gasteiger partial charge in [0.05, 0.1) is 12.7 Å². The van der Waals surface area contributed by atoms with Crippen LogP contribution >= 0.6 is 0 Å². The van der Waals surface area contributed by atoms with Gasteiger partial charge in [0.1, 0.15) is 5.69 Å². The number of nitrogens with zero attached hydrogens (tertiary/aromatic N) is 2. The van der Waals surface area contributed by atoms with Gasteiger partial charge >= 0.3 is 5.97 Å². The van der Waals surface area contributed by atoms with Crippen LogP contribution in [-0.2, 0) is 21.3 Å². The quantitative estimate of drug-likeness (QED) is 0.766. The highest BCUT2D eigenvalue weighted by Gasteiger charge is 2.23. The maximum atomic E-state index is 12.0. The van der Waals surface area contributed by atoms with E-state index in [1.165, 1.54) is 0 Å². The van der Waals surface area contributed by atoms with E-state index in [1.807, 2.05) is 19.9 Å². The molecule has 0 N–H and O–H groups in total. The number of hydrogen-bond donors (Lipinski definition) is 0. The molecule has 0 spiro atoms. The Labute approximate surface area is 118 Å². The lowest BCUT2D eigenvalue weighted by atomic mass is 10.3. The zero-order valence-electron chi connectivity index (χ0n) is 12.1. The van der Waals surface area contributed by atoms with Gasteiger partial charge in [0.2, 0.25) is 0 Å². The van der Waals surface area contributed by atoms with Crippen LogP contribution in [0.25, 0.3) is 0 Å². The fraction of sp³-hybridized carbons (Fsp3) is 0.571. The van der Waals surface area contributed by atoms with Gasteiger partial charge in [-0.1, -0.05) is 0 Å². The van der Waals surface area contributed by atoms with E-state index in [4.69, 9.17) is 9.47 Å². The van der Waals surface area contributed by atoms with Crippen LogP contribution in [0, 0.1) is 6.92 Å². The highest BCUT2D eigenvalue weighted by atomic mass is 16.5. The first-order valence-electron chi connectivity index (χ1n) is 6.68. The van der Waals surface area contributed by atoms with Crippen molar-refractivity contribution in [3.05, 3.63) is 23.5 Å². The maximum absolute atomic E-state index is 12.0. The summed E-state index contributed by atoms with van der Waals surface area (Å²) in [5, 5.41) is 0. The third-order valence-electron chi connectivity index (χ3n) is 3.50. The lowest BCUT2D eigenvalue weighted by Crippen LogP contribution is -2.46. The summed E-state index contributed by atoms with van der Waals surface area (Å²) < 4.78 is 12.2. The molecule has 1 aliphatic rings. The first-order valence-corrected chi connectivity index (χ1v) is 6.68. The second kappa shape index (κ2) is 6.09. The van der Waals surface area contributed by atoms with E-state index in [1.54, 1.807) is 22.6 Å².